The normalized spacial score (nSPS) is 17.3. The van der Waals surface area contributed by atoms with Crippen LogP contribution in [0.3, 0.4) is 0 Å². The SMILES string of the molecule is C1=CCCCCC=C1.C1=CCCCCC=C1.F[B-](F)(F)F.[Rh+]. The number of rotatable bonds is 0. The van der Waals surface area contributed by atoms with E-state index in [1.54, 1.807) is 0 Å². The smallest absolute Gasteiger partial charge is 0.418 e. The molecular weight excluding hydrogens is 382 g/mol. The van der Waals surface area contributed by atoms with Crippen molar-refractivity contribution in [3.8, 4) is 0 Å². The van der Waals surface area contributed by atoms with E-state index in [0.29, 0.717) is 0 Å². The maximum absolute atomic E-state index is 9.75. The molecule has 0 saturated carbocycles. The third-order valence-corrected chi connectivity index (χ3v) is 2.75. The van der Waals surface area contributed by atoms with Crippen LogP contribution in [0.15, 0.2) is 48.6 Å². The zero-order chi connectivity index (χ0) is 15.8. The second kappa shape index (κ2) is 16.7. The molecule has 0 nitrogen and oxygen atoms in total. The van der Waals surface area contributed by atoms with Gasteiger partial charge >= 0.3 is 26.7 Å². The van der Waals surface area contributed by atoms with Crippen LogP contribution in [0, 0.1) is 0 Å². The van der Waals surface area contributed by atoms with E-state index in [1.807, 2.05) is 0 Å². The summed E-state index contributed by atoms with van der Waals surface area (Å²) in [6.45, 7) is 0. The molecule has 0 aromatic rings. The number of allylic oxidation sites excluding steroid dienone is 8. The minimum Gasteiger partial charge on any atom is -0.418 e. The fourth-order valence-electron chi connectivity index (χ4n) is 1.75. The van der Waals surface area contributed by atoms with Crippen molar-refractivity contribution in [3.05, 3.63) is 48.6 Å². The summed E-state index contributed by atoms with van der Waals surface area (Å²) in [4.78, 5) is 0. The minimum atomic E-state index is -6.00. The number of hydrogen-bond acceptors (Lipinski definition) is 0. The van der Waals surface area contributed by atoms with Crippen LogP contribution >= 0.6 is 0 Å². The molecule has 2 rings (SSSR count). The van der Waals surface area contributed by atoms with Crippen molar-refractivity contribution in [1.29, 1.82) is 0 Å². The van der Waals surface area contributed by atoms with Gasteiger partial charge in [0, 0.05) is 0 Å². The van der Waals surface area contributed by atoms with E-state index >= 15 is 0 Å². The van der Waals surface area contributed by atoms with Gasteiger partial charge in [0.15, 0.2) is 0 Å². The molecule has 0 unspecified atom stereocenters. The molecule has 0 aromatic heterocycles. The Morgan fingerprint density at radius 3 is 0.864 bits per heavy atom. The molecule has 2 aliphatic carbocycles. The summed E-state index contributed by atoms with van der Waals surface area (Å²) >= 11 is 0. The van der Waals surface area contributed by atoms with Gasteiger partial charge in [-0.25, -0.2) is 0 Å². The second-order valence-corrected chi connectivity index (χ2v) is 4.78. The Kier molecular flexibility index (Phi) is 18.0. The second-order valence-electron chi connectivity index (χ2n) is 4.78. The molecule has 0 bridgehead atoms. The van der Waals surface area contributed by atoms with E-state index in [0.717, 1.165) is 0 Å². The summed E-state index contributed by atoms with van der Waals surface area (Å²) in [6, 6.07) is 0. The van der Waals surface area contributed by atoms with Gasteiger partial charge in [-0.15, -0.1) is 0 Å². The average molecular weight is 406 g/mol. The van der Waals surface area contributed by atoms with Gasteiger partial charge in [-0.1, -0.05) is 48.6 Å². The van der Waals surface area contributed by atoms with E-state index in [-0.39, 0.29) is 19.5 Å². The molecule has 0 amide bonds. The maximum Gasteiger partial charge on any atom is 1.00 e. The van der Waals surface area contributed by atoms with Crippen LogP contribution in [0.5, 0.6) is 0 Å². The van der Waals surface area contributed by atoms with Crippen LogP contribution in [0.4, 0.5) is 17.3 Å². The van der Waals surface area contributed by atoms with Gasteiger partial charge in [0.05, 0.1) is 0 Å². The van der Waals surface area contributed by atoms with Gasteiger partial charge in [-0.05, 0) is 51.4 Å². The Hall–Kier alpha value is -0.632. The van der Waals surface area contributed by atoms with Crippen LogP contribution in [0.1, 0.15) is 51.4 Å². The van der Waals surface area contributed by atoms with Gasteiger partial charge in [-0.2, -0.15) is 0 Å². The molecule has 22 heavy (non-hydrogen) atoms. The van der Waals surface area contributed by atoms with Crippen molar-refractivity contribution in [1.82, 2.24) is 0 Å². The van der Waals surface area contributed by atoms with Gasteiger partial charge in [0.25, 0.3) is 0 Å². The molecular formula is C16H24BF4Rh. The van der Waals surface area contributed by atoms with Crippen molar-refractivity contribution >= 4 is 7.25 Å². The fourth-order valence-corrected chi connectivity index (χ4v) is 1.75. The van der Waals surface area contributed by atoms with Crippen LogP contribution < -0.4 is 0 Å². The first-order valence-corrected chi connectivity index (χ1v) is 7.51. The topological polar surface area (TPSA) is 0 Å². The monoisotopic (exact) mass is 406 g/mol. The summed E-state index contributed by atoms with van der Waals surface area (Å²) in [5.41, 5.74) is 0. The third kappa shape index (κ3) is 27.7. The standard InChI is InChI=1S/2C8H12.BF4.Rh/c2*1-2-4-6-8-7-5-3-1;2-1(3,4)5;/h2*1-4H,5-8H2;;/q;;-1;+1. The van der Waals surface area contributed by atoms with Crippen LogP contribution in [0.25, 0.3) is 0 Å². The summed E-state index contributed by atoms with van der Waals surface area (Å²) in [7, 11) is -6.00. The molecule has 0 saturated heterocycles. The molecule has 0 spiro atoms. The van der Waals surface area contributed by atoms with Crippen molar-refractivity contribution in [2.24, 2.45) is 0 Å². The van der Waals surface area contributed by atoms with E-state index in [1.165, 1.54) is 51.4 Å². The predicted octanol–water partition coefficient (Wildman–Crippen LogP) is 6.64. The molecule has 128 valence electrons. The number of hydrogen-bond donors (Lipinski definition) is 0. The summed E-state index contributed by atoms with van der Waals surface area (Å²) in [6.07, 6.45) is 28.0. The van der Waals surface area contributed by atoms with E-state index in [9.17, 15) is 17.3 Å². The maximum atomic E-state index is 9.75. The van der Waals surface area contributed by atoms with Crippen LogP contribution in [-0.4, -0.2) is 7.25 Å². The molecule has 6 heteroatoms. The Balaban J connectivity index is 0. The first kappa shape index (κ1) is 23.6. The van der Waals surface area contributed by atoms with E-state index < -0.39 is 7.25 Å². The van der Waals surface area contributed by atoms with Crippen molar-refractivity contribution in [2.75, 3.05) is 0 Å². The Morgan fingerprint density at radius 2 is 0.682 bits per heavy atom. The van der Waals surface area contributed by atoms with Crippen LogP contribution in [0.2, 0.25) is 0 Å². The van der Waals surface area contributed by atoms with Crippen LogP contribution in [-0.2, 0) is 19.5 Å². The first-order valence-electron chi connectivity index (χ1n) is 7.51. The predicted molar refractivity (Wildman–Crippen MR) is 83.7 cm³/mol. The third-order valence-electron chi connectivity index (χ3n) is 2.75. The minimum absolute atomic E-state index is 0. The fraction of sp³-hybridized carbons (Fsp3) is 0.500. The van der Waals surface area contributed by atoms with E-state index in [2.05, 4.69) is 48.6 Å². The Bertz CT molecular complexity index is 285. The van der Waals surface area contributed by atoms with Gasteiger partial charge < -0.3 is 17.3 Å². The summed E-state index contributed by atoms with van der Waals surface area (Å²) in [5.74, 6) is 0. The van der Waals surface area contributed by atoms with Gasteiger partial charge in [0.1, 0.15) is 0 Å². The molecule has 0 aromatic carbocycles. The van der Waals surface area contributed by atoms with E-state index in [4.69, 9.17) is 0 Å². The van der Waals surface area contributed by atoms with Crippen molar-refractivity contribution in [2.45, 2.75) is 51.4 Å². The number of halogens is 4. The zero-order valence-corrected chi connectivity index (χ0v) is 14.3. The molecule has 0 heterocycles. The molecule has 2 aliphatic rings. The quantitative estimate of drug-likeness (QED) is 0.313. The largest absolute Gasteiger partial charge is 1.00 e. The van der Waals surface area contributed by atoms with Crippen molar-refractivity contribution < 1.29 is 36.7 Å². The summed E-state index contributed by atoms with van der Waals surface area (Å²) in [5, 5.41) is 0. The molecule has 0 radical (unpaired) electrons. The molecule has 0 N–H and O–H groups in total. The molecule has 0 fully saturated rings. The zero-order valence-electron chi connectivity index (χ0n) is 12.7. The first-order chi connectivity index (χ1) is 10.0. The Labute approximate surface area is 144 Å². The molecule has 0 aliphatic heterocycles. The van der Waals surface area contributed by atoms with Gasteiger partial charge in [0.2, 0.25) is 0 Å². The van der Waals surface area contributed by atoms with Gasteiger partial charge in [-0.3, -0.25) is 0 Å². The summed E-state index contributed by atoms with van der Waals surface area (Å²) < 4.78 is 39.0. The Morgan fingerprint density at radius 1 is 0.500 bits per heavy atom. The molecule has 0 atom stereocenters. The average Bonchev–Trinajstić information content (AvgIpc) is 2.24. The van der Waals surface area contributed by atoms with Crippen molar-refractivity contribution in [3.63, 3.8) is 0 Å².